The molecule has 3 aromatic rings. The monoisotopic (exact) mass is 424 g/mol. The number of benzene rings is 3. The number of hydrogen-bond acceptors (Lipinski definition) is 4. The Morgan fingerprint density at radius 3 is 2.33 bits per heavy atom. The van der Waals surface area contributed by atoms with Crippen molar-refractivity contribution in [2.45, 2.75) is 24.8 Å². The van der Waals surface area contributed by atoms with E-state index in [1.807, 2.05) is 26.0 Å². The SMILES string of the molecule is CC(C)Oc1cccc(NC(=O)c2cccc(S(=O)(=O)N(C)c3ccccc3)c2)c1. The van der Waals surface area contributed by atoms with Crippen LogP contribution < -0.4 is 14.4 Å². The van der Waals surface area contributed by atoms with Gasteiger partial charge in [0, 0.05) is 24.4 Å². The number of nitrogens with one attached hydrogen (secondary N) is 1. The van der Waals surface area contributed by atoms with Crippen molar-refractivity contribution in [1.82, 2.24) is 0 Å². The predicted octanol–water partition coefficient (Wildman–Crippen LogP) is 4.55. The number of amides is 1. The minimum absolute atomic E-state index is 0.0134. The first kappa shape index (κ1) is 21.4. The molecule has 0 spiro atoms. The van der Waals surface area contributed by atoms with Crippen molar-refractivity contribution < 1.29 is 17.9 Å². The van der Waals surface area contributed by atoms with Crippen LogP contribution in [0.15, 0.2) is 83.8 Å². The van der Waals surface area contributed by atoms with E-state index in [2.05, 4.69) is 5.32 Å². The summed E-state index contributed by atoms with van der Waals surface area (Å²) in [4.78, 5) is 12.7. The third kappa shape index (κ3) is 4.99. The van der Waals surface area contributed by atoms with Crippen molar-refractivity contribution in [3.05, 3.63) is 84.4 Å². The fourth-order valence-corrected chi connectivity index (χ4v) is 4.10. The van der Waals surface area contributed by atoms with E-state index in [1.165, 1.54) is 23.5 Å². The lowest BCUT2D eigenvalue weighted by molar-refractivity contribution is 0.102. The summed E-state index contributed by atoms with van der Waals surface area (Å²) in [7, 11) is -2.32. The number of carbonyl (C=O) groups excluding carboxylic acids is 1. The zero-order valence-electron chi connectivity index (χ0n) is 17.1. The summed E-state index contributed by atoms with van der Waals surface area (Å²) in [6.45, 7) is 3.84. The van der Waals surface area contributed by atoms with Crippen LogP contribution in [0.1, 0.15) is 24.2 Å². The number of rotatable bonds is 7. The largest absolute Gasteiger partial charge is 0.491 e. The van der Waals surface area contributed by atoms with Gasteiger partial charge in [0.2, 0.25) is 0 Å². The zero-order chi connectivity index (χ0) is 21.7. The number of ether oxygens (including phenoxy) is 1. The van der Waals surface area contributed by atoms with Crippen molar-refractivity contribution >= 4 is 27.3 Å². The number of hydrogen-bond donors (Lipinski definition) is 1. The molecule has 3 rings (SSSR count). The first-order valence-electron chi connectivity index (χ1n) is 9.49. The van der Waals surface area contributed by atoms with Gasteiger partial charge in [0.15, 0.2) is 0 Å². The fraction of sp³-hybridized carbons (Fsp3) is 0.174. The Morgan fingerprint density at radius 2 is 1.63 bits per heavy atom. The Balaban J connectivity index is 1.82. The average molecular weight is 425 g/mol. The third-order valence-corrected chi connectivity index (χ3v) is 6.12. The van der Waals surface area contributed by atoms with E-state index in [0.29, 0.717) is 17.1 Å². The smallest absolute Gasteiger partial charge is 0.264 e. The van der Waals surface area contributed by atoms with Gasteiger partial charge < -0.3 is 10.1 Å². The lowest BCUT2D eigenvalue weighted by Crippen LogP contribution is -2.26. The highest BCUT2D eigenvalue weighted by Crippen LogP contribution is 2.23. The van der Waals surface area contributed by atoms with E-state index in [1.54, 1.807) is 54.6 Å². The van der Waals surface area contributed by atoms with Gasteiger partial charge in [-0.1, -0.05) is 30.3 Å². The Labute approximate surface area is 177 Å². The number of carbonyl (C=O) groups is 1. The molecule has 156 valence electrons. The molecule has 0 fully saturated rings. The molecule has 0 aliphatic carbocycles. The van der Waals surface area contributed by atoms with Gasteiger partial charge in [-0.05, 0) is 56.3 Å². The molecule has 0 heterocycles. The summed E-state index contributed by atoms with van der Waals surface area (Å²) in [5.74, 6) is 0.236. The number of anilines is 2. The molecule has 3 aromatic carbocycles. The summed E-state index contributed by atoms with van der Waals surface area (Å²) < 4.78 is 32.8. The van der Waals surface area contributed by atoms with E-state index in [4.69, 9.17) is 4.74 Å². The highest BCUT2D eigenvalue weighted by molar-refractivity contribution is 7.92. The standard InChI is InChI=1S/C23H24N2O4S/c1-17(2)29-21-13-8-10-19(16-21)24-23(26)18-9-7-14-22(15-18)30(27,28)25(3)20-11-5-4-6-12-20/h4-17H,1-3H3,(H,24,26). The molecule has 0 aliphatic rings. The Kier molecular flexibility index (Phi) is 6.42. The topological polar surface area (TPSA) is 75.7 Å². The molecular formula is C23H24N2O4S. The quantitative estimate of drug-likeness (QED) is 0.604. The highest BCUT2D eigenvalue weighted by Gasteiger charge is 2.22. The van der Waals surface area contributed by atoms with Gasteiger partial charge in [-0.2, -0.15) is 0 Å². The maximum Gasteiger partial charge on any atom is 0.264 e. The first-order valence-corrected chi connectivity index (χ1v) is 10.9. The van der Waals surface area contributed by atoms with Crippen LogP contribution in [0, 0.1) is 0 Å². The normalized spacial score (nSPS) is 11.2. The molecule has 0 radical (unpaired) electrons. The predicted molar refractivity (Wildman–Crippen MR) is 119 cm³/mol. The molecule has 0 aromatic heterocycles. The number of sulfonamides is 1. The van der Waals surface area contributed by atoms with Crippen LogP contribution in [0.3, 0.4) is 0 Å². The van der Waals surface area contributed by atoms with E-state index in [9.17, 15) is 13.2 Å². The summed E-state index contributed by atoms with van der Waals surface area (Å²) in [5.41, 5.74) is 1.34. The van der Waals surface area contributed by atoms with Crippen molar-refractivity contribution in [2.24, 2.45) is 0 Å². The summed E-state index contributed by atoms with van der Waals surface area (Å²) in [6, 6.07) is 21.8. The van der Waals surface area contributed by atoms with E-state index in [0.717, 1.165) is 0 Å². The molecule has 0 atom stereocenters. The van der Waals surface area contributed by atoms with Crippen LogP contribution in [0.2, 0.25) is 0 Å². The molecule has 30 heavy (non-hydrogen) atoms. The van der Waals surface area contributed by atoms with Crippen LogP contribution in [0.4, 0.5) is 11.4 Å². The van der Waals surface area contributed by atoms with Crippen LogP contribution in [-0.4, -0.2) is 27.5 Å². The number of nitrogens with zero attached hydrogens (tertiary/aromatic N) is 1. The second-order valence-electron chi connectivity index (χ2n) is 6.98. The molecule has 7 heteroatoms. The summed E-state index contributed by atoms with van der Waals surface area (Å²) in [6.07, 6.45) is 0.0134. The Bertz CT molecular complexity index is 1130. The van der Waals surface area contributed by atoms with Gasteiger partial charge in [0.25, 0.3) is 15.9 Å². The van der Waals surface area contributed by atoms with Crippen molar-refractivity contribution in [3.8, 4) is 5.75 Å². The van der Waals surface area contributed by atoms with Gasteiger partial charge >= 0.3 is 0 Å². The van der Waals surface area contributed by atoms with Crippen molar-refractivity contribution in [2.75, 3.05) is 16.7 Å². The Hall–Kier alpha value is -3.32. The molecule has 0 bridgehead atoms. The van der Waals surface area contributed by atoms with Crippen LogP contribution in [-0.2, 0) is 10.0 Å². The van der Waals surface area contributed by atoms with Crippen molar-refractivity contribution in [1.29, 1.82) is 0 Å². The van der Waals surface area contributed by atoms with Gasteiger partial charge in [-0.25, -0.2) is 8.42 Å². The van der Waals surface area contributed by atoms with E-state index < -0.39 is 15.9 Å². The molecule has 1 amide bonds. The minimum Gasteiger partial charge on any atom is -0.491 e. The van der Waals surface area contributed by atoms with Crippen LogP contribution in [0.25, 0.3) is 0 Å². The highest BCUT2D eigenvalue weighted by atomic mass is 32.2. The lowest BCUT2D eigenvalue weighted by Gasteiger charge is -2.19. The van der Waals surface area contributed by atoms with E-state index in [-0.39, 0.29) is 16.6 Å². The zero-order valence-corrected chi connectivity index (χ0v) is 17.9. The third-order valence-electron chi connectivity index (χ3n) is 4.34. The first-order chi connectivity index (χ1) is 14.3. The second-order valence-corrected chi connectivity index (χ2v) is 8.95. The Morgan fingerprint density at radius 1 is 0.933 bits per heavy atom. The van der Waals surface area contributed by atoms with Gasteiger partial charge in [-0.3, -0.25) is 9.10 Å². The molecule has 0 aliphatic heterocycles. The maximum absolute atomic E-state index is 13.0. The molecule has 0 saturated heterocycles. The summed E-state index contributed by atoms with van der Waals surface area (Å²) in [5, 5.41) is 2.78. The second kappa shape index (κ2) is 9.00. The molecule has 6 nitrogen and oxygen atoms in total. The lowest BCUT2D eigenvalue weighted by atomic mass is 10.2. The molecule has 1 N–H and O–H groups in total. The number of para-hydroxylation sites is 1. The van der Waals surface area contributed by atoms with Gasteiger partial charge in [-0.15, -0.1) is 0 Å². The fourth-order valence-electron chi connectivity index (χ4n) is 2.86. The van der Waals surface area contributed by atoms with Crippen LogP contribution in [0.5, 0.6) is 5.75 Å². The molecule has 0 saturated carbocycles. The molecule has 0 unspecified atom stereocenters. The minimum atomic E-state index is -3.81. The summed E-state index contributed by atoms with van der Waals surface area (Å²) >= 11 is 0. The van der Waals surface area contributed by atoms with E-state index >= 15 is 0 Å². The maximum atomic E-state index is 13.0. The molecular weight excluding hydrogens is 400 g/mol. The van der Waals surface area contributed by atoms with Gasteiger partial charge in [0.05, 0.1) is 16.7 Å². The average Bonchev–Trinajstić information content (AvgIpc) is 2.73. The van der Waals surface area contributed by atoms with Crippen LogP contribution >= 0.6 is 0 Å². The van der Waals surface area contributed by atoms with Gasteiger partial charge in [0.1, 0.15) is 5.75 Å². The van der Waals surface area contributed by atoms with Crippen molar-refractivity contribution in [3.63, 3.8) is 0 Å².